The zero-order chi connectivity index (χ0) is 11.7. The summed E-state index contributed by atoms with van der Waals surface area (Å²) in [5, 5.41) is 0.923. The van der Waals surface area contributed by atoms with E-state index in [4.69, 9.17) is 4.42 Å². The van der Waals surface area contributed by atoms with Crippen molar-refractivity contribution in [2.75, 3.05) is 0 Å². The van der Waals surface area contributed by atoms with Gasteiger partial charge in [-0.15, -0.1) is 0 Å². The summed E-state index contributed by atoms with van der Waals surface area (Å²) in [6.45, 7) is 0. The Hall–Kier alpha value is -2.42. The summed E-state index contributed by atoms with van der Waals surface area (Å²) in [5.74, 6) is 0.778. The van der Waals surface area contributed by atoms with E-state index in [2.05, 4.69) is 4.98 Å². The Morgan fingerprint density at radius 3 is 2.88 bits per heavy atom. The molecule has 3 aromatic rings. The molecule has 0 aliphatic heterocycles. The number of benzene rings is 1. The van der Waals surface area contributed by atoms with Gasteiger partial charge in [-0.05, 0) is 36.4 Å². The quantitative estimate of drug-likeness (QED) is 0.626. The Kier molecular flexibility index (Phi) is 2.22. The fourth-order valence-corrected chi connectivity index (χ4v) is 1.88. The zero-order valence-electron chi connectivity index (χ0n) is 8.96. The number of aldehydes is 1. The first kappa shape index (κ1) is 9.78. The predicted octanol–water partition coefficient (Wildman–Crippen LogP) is 3.31. The highest BCUT2D eigenvalue weighted by Crippen LogP contribution is 2.28. The summed E-state index contributed by atoms with van der Waals surface area (Å²) in [6.07, 6.45) is 4.20. The van der Waals surface area contributed by atoms with E-state index in [1.165, 1.54) is 0 Å². The molecule has 2 heterocycles. The van der Waals surface area contributed by atoms with E-state index in [0.29, 0.717) is 5.56 Å². The van der Waals surface area contributed by atoms with E-state index >= 15 is 0 Å². The average Bonchev–Trinajstić information content (AvgIpc) is 2.91. The minimum atomic E-state index is 0.637. The van der Waals surface area contributed by atoms with Gasteiger partial charge >= 0.3 is 0 Å². The van der Waals surface area contributed by atoms with Crippen LogP contribution in [0.3, 0.4) is 0 Å². The van der Waals surface area contributed by atoms with E-state index in [-0.39, 0.29) is 0 Å². The monoisotopic (exact) mass is 223 g/mol. The van der Waals surface area contributed by atoms with Crippen LogP contribution in [0.25, 0.3) is 22.2 Å². The first-order chi connectivity index (χ1) is 8.38. The van der Waals surface area contributed by atoms with Crippen LogP contribution in [0.5, 0.6) is 0 Å². The number of pyridine rings is 1. The van der Waals surface area contributed by atoms with Crippen molar-refractivity contribution in [1.29, 1.82) is 0 Å². The maximum Gasteiger partial charge on any atom is 0.150 e. The summed E-state index contributed by atoms with van der Waals surface area (Å²) in [4.78, 5) is 15.1. The molecule has 3 rings (SSSR count). The summed E-state index contributed by atoms with van der Waals surface area (Å²) >= 11 is 0. The molecule has 0 radical (unpaired) electrons. The van der Waals surface area contributed by atoms with Gasteiger partial charge in [0, 0.05) is 22.7 Å². The molecule has 3 heteroatoms. The summed E-state index contributed by atoms with van der Waals surface area (Å²) in [6, 6.07) is 11.0. The second-order valence-corrected chi connectivity index (χ2v) is 3.73. The Bertz CT molecular complexity index is 672. The molecule has 0 saturated carbocycles. The van der Waals surface area contributed by atoms with E-state index in [1.807, 2.05) is 30.3 Å². The molecule has 0 amide bonds. The van der Waals surface area contributed by atoms with E-state index in [9.17, 15) is 4.79 Å². The Labute approximate surface area is 97.7 Å². The van der Waals surface area contributed by atoms with Crippen molar-refractivity contribution in [2.45, 2.75) is 0 Å². The molecule has 0 unspecified atom stereocenters. The van der Waals surface area contributed by atoms with Crippen molar-refractivity contribution in [2.24, 2.45) is 0 Å². The second-order valence-electron chi connectivity index (χ2n) is 3.73. The smallest absolute Gasteiger partial charge is 0.150 e. The van der Waals surface area contributed by atoms with Crippen molar-refractivity contribution in [1.82, 2.24) is 4.98 Å². The van der Waals surface area contributed by atoms with E-state index in [1.54, 1.807) is 18.5 Å². The molecule has 0 saturated heterocycles. The molecule has 17 heavy (non-hydrogen) atoms. The first-order valence-electron chi connectivity index (χ1n) is 5.26. The molecular formula is C14H9NO2. The van der Waals surface area contributed by atoms with Crippen molar-refractivity contribution >= 4 is 17.2 Å². The lowest BCUT2D eigenvalue weighted by atomic mass is 10.0. The molecule has 2 aromatic heterocycles. The van der Waals surface area contributed by atoms with Gasteiger partial charge in [0.1, 0.15) is 12.0 Å². The number of carbonyl (C=O) groups excluding carboxylic acids is 1. The molecule has 0 atom stereocenters. The normalized spacial score (nSPS) is 10.6. The molecule has 0 bridgehead atoms. The van der Waals surface area contributed by atoms with Gasteiger partial charge in [-0.3, -0.25) is 9.78 Å². The molecule has 0 N–H and O–H groups in total. The first-order valence-corrected chi connectivity index (χ1v) is 5.26. The van der Waals surface area contributed by atoms with E-state index in [0.717, 1.165) is 28.5 Å². The lowest BCUT2D eigenvalue weighted by molar-refractivity contribution is 0.112. The van der Waals surface area contributed by atoms with Crippen LogP contribution in [0.2, 0.25) is 0 Å². The number of nitrogens with zero attached hydrogens (tertiary/aromatic N) is 1. The molecule has 0 aliphatic carbocycles. The number of aromatic nitrogens is 1. The van der Waals surface area contributed by atoms with Gasteiger partial charge in [-0.2, -0.15) is 0 Å². The maximum atomic E-state index is 10.8. The average molecular weight is 223 g/mol. The fraction of sp³-hybridized carbons (Fsp3) is 0. The third kappa shape index (κ3) is 1.61. The number of fused-ring (bicyclic) bond motifs is 1. The molecule has 0 fully saturated rings. The molecule has 0 aliphatic rings. The molecule has 82 valence electrons. The molecular weight excluding hydrogens is 214 g/mol. The molecule has 0 spiro atoms. The number of furan rings is 1. The number of hydrogen-bond donors (Lipinski definition) is 0. The third-order valence-electron chi connectivity index (χ3n) is 2.69. The van der Waals surface area contributed by atoms with Crippen molar-refractivity contribution in [3.05, 3.63) is 54.4 Å². The van der Waals surface area contributed by atoms with Crippen LogP contribution >= 0.6 is 0 Å². The van der Waals surface area contributed by atoms with E-state index < -0.39 is 0 Å². The van der Waals surface area contributed by atoms with Crippen molar-refractivity contribution < 1.29 is 9.21 Å². The molecule has 3 nitrogen and oxygen atoms in total. The van der Waals surface area contributed by atoms with Crippen molar-refractivity contribution in [3.8, 4) is 11.3 Å². The third-order valence-corrected chi connectivity index (χ3v) is 2.69. The van der Waals surface area contributed by atoms with Crippen LogP contribution in [0.15, 0.2) is 53.3 Å². The standard InChI is InChI=1S/C14H9NO2/c16-9-10-3-4-13-12(8-10)11(5-6-15-13)14-2-1-7-17-14/h1-9H. The maximum absolute atomic E-state index is 10.8. The second kappa shape index (κ2) is 3.87. The number of carbonyl (C=O) groups is 1. The SMILES string of the molecule is O=Cc1ccc2nccc(-c3ccco3)c2c1. The van der Waals surface area contributed by atoms with Crippen LogP contribution in [0, 0.1) is 0 Å². The topological polar surface area (TPSA) is 43.1 Å². The summed E-state index contributed by atoms with van der Waals surface area (Å²) in [5.41, 5.74) is 2.44. The number of hydrogen-bond acceptors (Lipinski definition) is 3. The minimum Gasteiger partial charge on any atom is -0.464 e. The highest BCUT2D eigenvalue weighted by molar-refractivity contribution is 5.96. The van der Waals surface area contributed by atoms with Crippen LogP contribution in [0.4, 0.5) is 0 Å². The van der Waals surface area contributed by atoms with Gasteiger partial charge in [0.25, 0.3) is 0 Å². The fourth-order valence-electron chi connectivity index (χ4n) is 1.88. The van der Waals surface area contributed by atoms with Crippen LogP contribution in [0.1, 0.15) is 10.4 Å². The van der Waals surface area contributed by atoms with Gasteiger partial charge < -0.3 is 4.42 Å². The Morgan fingerprint density at radius 2 is 2.12 bits per heavy atom. The van der Waals surface area contributed by atoms with Crippen LogP contribution in [-0.4, -0.2) is 11.3 Å². The number of rotatable bonds is 2. The zero-order valence-corrected chi connectivity index (χ0v) is 8.96. The van der Waals surface area contributed by atoms with Gasteiger partial charge in [0.2, 0.25) is 0 Å². The Balaban J connectivity index is 2.34. The minimum absolute atomic E-state index is 0.637. The van der Waals surface area contributed by atoms with Gasteiger partial charge in [0.05, 0.1) is 11.8 Å². The summed E-state index contributed by atoms with van der Waals surface area (Å²) < 4.78 is 5.39. The van der Waals surface area contributed by atoms with Crippen LogP contribution in [-0.2, 0) is 0 Å². The van der Waals surface area contributed by atoms with Gasteiger partial charge in [-0.1, -0.05) is 0 Å². The van der Waals surface area contributed by atoms with Crippen molar-refractivity contribution in [3.63, 3.8) is 0 Å². The largest absolute Gasteiger partial charge is 0.464 e. The molecule has 1 aromatic carbocycles. The Morgan fingerprint density at radius 1 is 1.18 bits per heavy atom. The summed E-state index contributed by atoms with van der Waals surface area (Å²) in [7, 11) is 0. The highest BCUT2D eigenvalue weighted by Gasteiger charge is 2.07. The highest BCUT2D eigenvalue weighted by atomic mass is 16.3. The van der Waals surface area contributed by atoms with Crippen LogP contribution < -0.4 is 0 Å². The lowest BCUT2D eigenvalue weighted by Gasteiger charge is -2.03. The predicted molar refractivity (Wildman–Crippen MR) is 64.8 cm³/mol. The van der Waals surface area contributed by atoms with Gasteiger partial charge in [0.15, 0.2) is 0 Å². The lowest BCUT2D eigenvalue weighted by Crippen LogP contribution is -1.86. The van der Waals surface area contributed by atoms with Gasteiger partial charge in [-0.25, -0.2) is 0 Å².